The summed E-state index contributed by atoms with van der Waals surface area (Å²) in [6, 6.07) is 4.34. The van der Waals surface area contributed by atoms with E-state index >= 15 is 0 Å². The fourth-order valence-electron chi connectivity index (χ4n) is 3.70. The molecule has 27 heavy (non-hydrogen) atoms. The molecule has 0 aromatic carbocycles. The summed E-state index contributed by atoms with van der Waals surface area (Å²) in [7, 11) is 4.05. The van der Waals surface area contributed by atoms with E-state index in [0.717, 1.165) is 56.2 Å². The normalized spacial score (nSPS) is 16.3. The molecule has 2 aromatic heterocycles. The lowest BCUT2D eigenvalue weighted by Crippen LogP contribution is -2.33. The second-order valence-corrected chi connectivity index (χ2v) is 7.56. The minimum absolute atomic E-state index is 0.162. The molecule has 0 amide bonds. The number of aliphatic hydroxyl groups excluding tert-OH is 1. The molecular formula is C20H32N6O. The van der Waals surface area contributed by atoms with Gasteiger partial charge in [-0.05, 0) is 51.0 Å². The van der Waals surface area contributed by atoms with Crippen LogP contribution in [-0.2, 0) is 26.6 Å². The molecule has 0 radical (unpaired) electrons. The van der Waals surface area contributed by atoms with E-state index < -0.39 is 0 Å². The van der Waals surface area contributed by atoms with Crippen molar-refractivity contribution in [1.82, 2.24) is 29.5 Å². The lowest BCUT2D eigenvalue weighted by molar-refractivity contribution is 0.197. The quantitative estimate of drug-likeness (QED) is 0.759. The van der Waals surface area contributed by atoms with Crippen LogP contribution < -0.4 is 0 Å². The Morgan fingerprint density at radius 2 is 2.00 bits per heavy atom. The van der Waals surface area contributed by atoms with Crippen LogP contribution in [0.1, 0.15) is 48.6 Å². The summed E-state index contributed by atoms with van der Waals surface area (Å²) in [5.41, 5.74) is 2.44. The topological polar surface area (TPSA) is 70.3 Å². The first-order chi connectivity index (χ1) is 13.1. The van der Waals surface area contributed by atoms with Crippen molar-refractivity contribution in [3.05, 3.63) is 41.2 Å². The molecule has 7 heteroatoms. The highest BCUT2D eigenvalue weighted by Crippen LogP contribution is 2.27. The van der Waals surface area contributed by atoms with Crippen LogP contribution >= 0.6 is 0 Å². The number of pyridine rings is 1. The van der Waals surface area contributed by atoms with Crippen molar-refractivity contribution in [3.8, 4) is 0 Å². The Bertz CT molecular complexity index is 706. The largest absolute Gasteiger partial charge is 0.395 e. The molecule has 0 bridgehead atoms. The highest BCUT2D eigenvalue weighted by molar-refractivity contribution is 5.14. The third kappa shape index (κ3) is 5.12. The zero-order chi connectivity index (χ0) is 19.2. The van der Waals surface area contributed by atoms with Gasteiger partial charge in [0.05, 0.1) is 18.8 Å². The Balaban J connectivity index is 1.53. The highest BCUT2D eigenvalue weighted by atomic mass is 16.3. The van der Waals surface area contributed by atoms with Gasteiger partial charge in [0, 0.05) is 32.3 Å². The summed E-state index contributed by atoms with van der Waals surface area (Å²) in [6.45, 7) is 6.73. The first-order valence-corrected chi connectivity index (χ1v) is 9.94. The van der Waals surface area contributed by atoms with Gasteiger partial charge in [0.15, 0.2) is 0 Å². The van der Waals surface area contributed by atoms with E-state index in [0.29, 0.717) is 19.0 Å². The molecule has 1 fully saturated rings. The van der Waals surface area contributed by atoms with E-state index in [2.05, 4.69) is 55.7 Å². The summed E-state index contributed by atoms with van der Waals surface area (Å²) in [6.07, 6.45) is 5.24. The second-order valence-electron chi connectivity index (χ2n) is 7.56. The molecule has 3 rings (SSSR count). The van der Waals surface area contributed by atoms with Gasteiger partial charge in [0.1, 0.15) is 11.6 Å². The molecule has 1 aliphatic rings. The number of aryl methyl sites for hydroxylation is 1. The average Bonchev–Trinajstić information content (AvgIpc) is 3.03. The number of aliphatic hydroxyl groups is 1. The maximum atomic E-state index is 9.06. The molecule has 2 aromatic rings. The fraction of sp³-hybridized carbons (Fsp3) is 0.650. The van der Waals surface area contributed by atoms with Gasteiger partial charge < -0.3 is 9.67 Å². The summed E-state index contributed by atoms with van der Waals surface area (Å²) < 4.78 is 2.14. The molecule has 0 spiro atoms. The highest BCUT2D eigenvalue weighted by Gasteiger charge is 2.25. The lowest BCUT2D eigenvalue weighted by Gasteiger charge is -2.31. The molecule has 0 aliphatic carbocycles. The van der Waals surface area contributed by atoms with E-state index in [1.807, 2.05) is 13.2 Å². The van der Waals surface area contributed by atoms with Gasteiger partial charge in [0.25, 0.3) is 0 Å². The van der Waals surface area contributed by atoms with Crippen LogP contribution in [0.4, 0.5) is 0 Å². The Morgan fingerprint density at radius 1 is 1.22 bits per heavy atom. The SMILES string of the molecule is CCc1ccc(CN2CCC(c3nnc(CN(C)CCO)n3C)CC2)nc1. The smallest absolute Gasteiger partial charge is 0.146 e. The lowest BCUT2D eigenvalue weighted by atomic mass is 9.96. The van der Waals surface area contributed by atoms with Crippen molar-refractivity contribution in [2.24, 2.45) is 7.05 Å². The van der Waals surface area contributed by atoms with Crippen LogP contribution in [0.5, 0.6) is 0 Å². The van der Waals surface area contributed by atoms with E-state index in [-0.39, 0.29) is 6.61 Å². The molecule has 0 unspecified atom stereocenters. The summed E-state index contributed by atoms with van der Waals surface area (Å²) >= 11 is 0. The number of piperidine rings is 1. The molecule has 0 atom stereocenters. The van der Waals surface area contributed by atoms with Crippen molar-refractivity contribution in [1.29, 1.82) is 0 Å². The number of hydrogen-bond donors (Lipinski definition) is 1. The van der Waals surface area contributed by atoms with Crippen LogP contribution in [-0.4, -0.2) is 67.9 Å². The standard InChI is InChI=1S/C20H32N6O/c1-4-16-5-6-18(21-13-16)14-26-9-7-17(8-10-26)20-23-22-19(25(20)3)15-24(2)11-12-27/h5-6,13,17,27H,4,7-12,14-15H2,1-3H3. The Labute approximate surface area is 162 Å². The molecule has 1 saturated heterocycles. The van der Waals surface area contributed by atoms with Crippen LogP contribution in [0.2, 0.25) is 0 Å². The van der Waals surface area contributed by atoms with Crippen molar-refractivity contribution in [3.63, 3.8) is 0 Å². The first-order valence-electron chi connectivity index (χ1n) is 9.94. The number of rotatable bonds is 8. The Kier molecular flexibility index (Phi) is 6.93. The fourth-order valence-corrected chi connectivity index (χ4v) is 3.70. The summed E-state index contributed by atoms with van der Waals surface area (Å²) in [4.78, 5) is 9.14. The van der Waals surface area contributed by atoms with Gasteiger partial charge in [-0.1, -0.05) is 13.0 Å². The summed E-state index contributed by atoms with van der Waals surface area (Å²) in [5.74, 6) is 2.52. The minimum Gasteiger partial charge on any atom is -0.395 e. The maximum Gasteiger partial charge on any atom is 0.146 e. The molecular weight excluding hydrogens is 340 g/mol. The van der Waals surface area contributed by atoms with E-state index in [1.165, 1.54) is 5.56 Å². The van der Waals surface area contributed by atoms with Gasteiger partial charge in [0.2, 0.25) is 0 Å². The monoisotopic (exact) mass is 372 g/mol. The zero-order valence-electron chi connectivity index (χ0n) is 16.8. The molecule has 1 N–H and O–H groups in total. The van der Waals surface area contributed by atoms with Gasteiger partial charge >= 0.3 is 0 Å². The molecule has 7 nitrogen and oxygen atoms in total. The molecule has 3 heterocycles. The molecule has 148 valence electrons. The van der Waals surface area contributed by atoms with Gasteiger partial charge in [-0.3, -0.25) is 14.8 Å². The first kappa shape index (κ1) is 19.9. The third-order valence-corrected chi connectivity index (χ3v) is 5.52. The van der Waals surface area contributed by atoms with Crippen molar-refractivity contribution in [2.75, 3.05) is 33.3 Å². The van der Waals surface area contributed by atoms with Crippen molar-refractivity contribution < 1.29 is 5.11 Å². The van der Waals surface area contributed by atoms with Crippen LogP contribution in [0, 0.1) is 0 Å². The minimum atomic E-state index is 0.162. The molecule has 1 aliphatic heterocycles. The maximum absolute atomic E-state index is 9.06. The van der Waals surface area contributed by atoms with E-state index in [4.69, 9.17) is 5.11 Å². The van der Waals surface area contributed by atoms with Crippen LogP contribution in [0.3, 0.4) is 0 Å². The van der Waals surface area contributed by atoms with Crippen molar-refractivity contribution in [2.45, 2.75) is 45.2 Å². The van der Waals surface area contributed by atoms with Crippen LogP contribution in [0.25, 0.3) is 0 Å². The van der Waals surface area contributed by atoms with Crippen molar-refractivity contribution >= 4 is 0 Å². The second kappa shape index (κ2) is 9.39. The van der Waals surface area contributed by atoms with Crippen LogP contribution in [0.15, 0.2) is 18.3 Å². The van der Waals surface area contributed by atoms with E-state index in [1.54, 1.807) is 0 Å². The zero-order valence-corrected chi connectivity index (χ0v) is 16.8. The Morgan fingerprint density at radius 3 is 2.63 bits per heavy atom. The number of nitrogens with zero attached hydrogens (tertiary/aromatic N) is 6. The average molecular weight is 373 g/mol. The molecule has 0 saturated carbocycles. The predicted octanol–water partition coefficient (Wildman–Crippen LogP) is 1.58. The summed E-state index contributed by atoms with van der Waals surface area (Å²) in [5, 5.41) is 17.9. The van der Waals surface area contributed by atoms with Gasteiger partial charge in [-0.2, -0.15) is 0 Å². The Hall–Kier alpha value is -1.83. The number of likely N-dealkylation sites (tertiary alicyclic amines) is 1. The number of likely N-dealkylation sites (N-methyl/N-ethyl adjacent to an activating group) is 1. The third-order valence-electron chi connectivity index (χ3n) is 5.52. The van der Waals surface area contributed by atoms with Gasteiger partial charge in [-0.25, -0.2) is 0 Å². The number of aromatic nitrogens is 4. The number of hydrogen-bond acceptors (Lipinski definition) is 6. The van der Waals surface area contributed by atoms with E-state index in [9.17, 15) is 0 Å². The van der Waals surface area contributed by atoms with Gasteiger partial charge in [-0.15, -0.1) is 10.2 Å². The predicted molar refractivity (Wildman–Crippen MR) is 105 cm³/mol.